The van der Waals surface area contributed by atoms with Crippen LogP contribution in [0.1, 0.15) is 15.9 Å². The van der Waals surface area contributed by atoms with Crippen molar-refractivity contribution in [2.75, 3.05) is 0 Å². The highest BCUT2D eigenvalue weighted by Gasteiger charge is 2.09. The molecule has 0 aliphatic carbocycles. The van der Waals surface area contributed by atoms with Gasteiger partial charge in [-0.25, -0.2) is 4.39 Å². The van der Waals surface area contributed by atoms with Gasteiger partial charge >= 0.3 is 0 Å². The molecule has 4 nitrogen and oxygen atoms in total. The first kappa shape index (κ1) is 13.5. The predicted octanol–water partition coefficient (Wildman–Crippen LogP) is 2.35. The lowest BCUT2D eigenvalue weighted by atomic mass is 10.1. The number of carbonyl (C=O) groups excluding carboxylic acids is 1. The lowest BCUT2D eigenvalue weighted by Crippen LogP contribution is -2.20. The Kier molecular flexibility index (Phi) is 3.31. The molecule has 0 fully saturated rings. The molecule has 0 radical (unpaired) electrons. The Morgan fingerprint density at radius 2 is 2.10 bits per heavy atom. The molecule has 0 bridgehead atoms. The number of benzene rings is 1. The Bertz CT molecular complexity index is 898. The van der Waals surface area contributed by atoms with Gasteiger partial charge in [0.05, 0.1) is 11.9 Å². The van der Waals surface area contributed by atoms with Gasteiger partial charge < -0.3 is 10.3 Å². The van der Waals surface area contributed by atoms with E-state index in [1.807, 2.05) is 11.4 Å². The van der Waals surface area contributed by atoms with E-state index in [2.05, 4.69) is 0 Å². The van der Waals surface area contributed by atoms with Crippen molar-refractivity contribution in [3.05, 3.63) is 69.2 Å². The monoisotopic (exact) mass is 302 g/mol. The minimum atomic E-state index is -0.683. The van der Waals surface area contributed by atoms with Gasteiger partial charge in [-0.3, -0.25) is 9.59 Å². The number of aromatic nitrogens is 1. The molecular weight excluding hydrogens is 291 g/mol. The van der Waals surface area contributed by atoms with Crippen LogP contribution in [-0.2, 0) is 6.54 Å². The number of nitrogens with two attached hydrogens (primary N) is 1. The highest BCUT2D eigenvalue weighted by atomic mass is 32.1. The standard InChI is InChI=1S/C15H11FN2O2S/c16-12-7-9(14(17)19)1-2-10(12)8-18-5-3-13-11(15(18)20)4-6-21-13/h1-7H,8H2,(H2,17,19). The van der Waals surface area contributed by atoms with Gasteiger partial charge in [0.2, 0.25) is 5.91 Å². The molecule has 0 aliphatic heterocycles. The maximum atomic E-state index is 14.0. The van der Waals surface area contributed by atoms with Crippen LogP contribution >= 0.6 is 11.3 Å². The molecule has 0 unspecified atom stereocenters. The number of carbonyl (C=O) groups is 1. The highest BCUT2D eigenvalue weighted by molar-refractivity contribution is 7.17. The average molecular weight is 302 g/mol. The van der Waals surface area contributed by atoms with Gasteiger partial charge in [-0.15, -0.1) is 11.3 Å². The minimum Gasteiger partial charge on any atom is -0.366 e. The van der Waals surface area contributed by atoms with E-state index in [1.165, 1.54) is 28.0 Å². The van der Waals surface area contributed by atoms with Crippen LogP contribution in [0, 0.1) is 5.82 Å². The molecular formula is C15H11FN2O2S. The Morgan fingerprint density at radius 3 is 2.81 bits per heavy atom. The SMILES string of the molecule is NC(=O)c1ccc(Cn2ccc3sccc3c2=O)c(F)c1. The van der Waals surface area contributed by atoms with Crippen molar-refractivity contribution in [3.8, 4) is 0 Å². The second-order valence-electron chi connectivity index (χ2n) is 4.62. The Morgan fingerprint density at radius 1 is 1.29 bits per heavy atom. The molecule has 0 saturated heterocycles. The normalized spacial score (nSPS) is 10.9. The predicted molar refractivity (Wildman–Crippen MR) is 80.1 cm³/mol. The molecule has 6 heteroatoms. The molecule has 2 N–H and O–H groups in total. The average Bonchev–Trinajstić information content (AvgIpc) is 2.93. The number of nitrogens with zero attached hydrogens (tertiary/aromatic N) is 1. The summed E-state index contributed by atoms with van der Waals surface area (Å²) in [7, 11) is 0. The van der Waals surface area contributed by atoms with E-state index < -0.39 is 11.7 Å². The van der Waals surface area contributed by atoms with Crippen molar-refractivity contribution in [3.63, 3.8) is 0 Å². The summed E-state index contributed by atoms with van der Waals surface area (Å²) in [5.74, 6) is -1.24. The zero-order valence-corrected chi connectivity index (χ0v) is 11.7. The number of halogens is 1. The fraction of sp³-hybridized carbons (Fsp3) is 0.0667. The van der Waals surface area contributed by atoms with Crippen molar-refractivity contribution in [1.29, 1.82) is 0 Å². The van der Waals surface area contributed by atoms with Gasteiger partial charge in [0.25, 0.3) is 5.56 Å². The van der Waals surface area contributed by atoms with E-state index in [4.69, 9.17) is 5.73 Å². The maximum Gasteiger partial charge on any atom is 0.259 e. The Labute approximate surface area is 123 Å². The summed E-state index contributed by atoms with van der Waals surface area (Å²) in [5.41, 5.74) is 5.38. The van der Waals surface area contributed by atoms with Gasteiger partial charge in [0.1, 0.15) is 5.82 Å². The first-order valence-electron chi connectivity index (χ1n) is 6.21. The summed E-state index contributed by atoms with van der Waals surface area (Å²) in [6.07, 6.45) is 1.64. The first-order chi connectivity index (χ1) is 10.1. The molecule has 0 atom stereocenters. The van der Waals surface area contributed by atoms with Crippen molar-refractivity contribution in [2.45, 2.75) is 6.54 Å². The number of thiophene rings is 1. The zero-order valence-electron chi connectivity index (χ0n) is 10.9. The second-order valence-corrected chi connectivity index (χ2v) is 5.57. The topological polar surface area (TPSA) is 65.1 Å². The van der Waals surface area contributed by atoms with Crippen LogP contribution in [0.5, 0.6) is 0 Å². The third-order valence-corrected chi connectivity index (χ3v) is 4.15. The number of pyridine rings is 1. The smallest absolute Gasteiger partial charge is 0.259 e. The fourth-order valence-electron chi connectivity index (χ4n) is 2.14. The minimum absolute atomic E-state index is 0.107. The van der Waals surface area contributed by atoms with Crippen LogP contribution in [0.25, 0.3) is 10.1 Å². The lowest BCUT2D eigenvalue weighted by molar-refractivity contribution is 0.1000. The second kappa shape index (κ2) is 5.14. The molecule has 3 rings (SSSR count). The van der Waals surface area contributed by atoms with E-state index in [1.54, 1.807) is 12.3 Å². The largest absolute Gasteiger partial charge is 0.366 e. The molecule has 0 aliphatic rings. The molecule has 1 amide bonds. The van der Waals surface area contributed by atoms with Crippen molar-refractivity contribution >= 4 is 27.3 Å². The molecule has 2 aromatic heterocycles. The van der Waals surface area contributed by atoms with Gasteiger partial charge in [-0.05, 0) is 29.6 Å². The van der Waals surface area contributed by atoms with Crippen LogP contribution in [0.15, 0.2) is 46.7 Å². The number of hydrogen-bond donors (Lipinski definition) is 1. The number of amides is 1. The summed E-state index contributed by atoms with van der Waals surface area (Å²) in [6.45, 7) is 0.107. The van der Waals surface area contributed by atoms with Crippen LogP contribution < -0.4 is 11.3 Å². The fourth-order valence-corrected chi connectivity index (χ4v) is 2.92. The molecule has 1 aromatic carbocycles. The molecule has 3 aromatic rings. The van der Waals surface area contributed by atoms with Crippen LogP contribution in [-0.4, -0.2) is 10.5 Å². The zero-order chi connectivity index (χ0) is 15.0. The number of hydrogen-bond acceptors (Lipinski definition) is 3. The summed E-state index contributed by atoms with van der Waals surface area (Å²) in [4.78, 5) is 23.2. The van der Waals surface area contributed by atoms with E-state index in [0.29, 0.717) is 10.9 Å². The summed E-state index contributed by atoms with van der Waals surface area (Å²) >= 11 is 1.49. The van der Waals surface area contributed by atoms with Gasteiger partial charge in [0.15, 0.2) is 0 Å². The van der Waals surface area contributed by atoms with Crippen molar-refractivity contribution in [1.82, 2.24) is 4.57 Å². The van der Waals surface area contributed by atoms with Gasteiger partial charge in [-0.1, -0.05) is 6.07 Å². The third kappa shape index (κ3) is 2.45. The van der Waals surface area contributed by atoms with Crippen molar-refractivity contribution in [2.24, 2.45) is 5.73 Å². The van der Waals surface area contributed by atoms with E-state index in [9.17, 15) is 14.0 Å². The van der Waals surface area contributed by atoms with Gasteiger partial charge in [0, 0.05) is 22.0 Å². The van der Waals surface area contributed by atoms with Crippen LogP contribution in [0.4, 0.5) is 4.39 Å². The Balaban J connectivity index is 2.00. The van der Waals surface area contributed by atoms with Crippen molar-refractivity contribution < 1.29 is 9.18 Å². The molecule has 0 spiro atoms. The molecule has 0 saturated carbocycles. The molecule has 2 heterocycles. The van der Waals surface area contributed by atoms with Gasteiger partial charge in [-0.2, -0.15) is 0 Å². The van der Waals surface area contributed by atoms with E-state index in [-0.39, 0.29) is 17.7 Å². The lowest BCUT2D eigenvalue weighted by Gasteiger charge is -2.08. The van der Waals surface area contributed by atoms with Crippen LogP contribution in [0.3, 0.4) is 0 Å². The third-order valence-electron chi connectivity index (χ3n) is 3.27. The Hall–Kier alpha value is -2.47. The quantitative estimate of drug-likeness (QED) is 0.807. The number of rotatable bonds is 3. The number of fused-ring (bicyclic) bond motifs is 1. The first-order valence-corrected chi connectivity index (χ1v) is 7.09. The summed E-state index contributed by atoms with van der Waals surface area (Å²) in [5, 5.41) is 2.47. The summed E-state index contributed by atoms with van der Waals surface area (Å²) in [6, 6.07) is 7.60. The molecule has 21 heavy (non-hydrogen) atoms. The molecule has 106 valence electrons. The number of primary amides is 1. The van der Waals surface area contributed by atoms with E-state index >= 15 is 0 Å². The van der Waals surface area contributed by atoms with E-state index in [0.717, 1.165) is 10.8 Å². The van der Waals surface area contributed by atoms with Crippen LogP contribution in [0.2, 0.25) is 0 Å². The summed E-state index contributed by atoms with van der Waals surface area (Å²) < 4.78 is 16.3. The maximum absolute atomic E-state index is 14.0. The highest BCUT2D eigenvalue weighted by Crippen LogP contribution is 2.17.